The van der Waals surface area contributed by atoms with Crippen molar-refractivity contribution in [3.8, 4) is 23.1 Å². The van der Waals surface area contributed by atoms with Crippen LogP contribution in [0, 0.1) is 11.3 Å². The molecule has 0 aliphatic rings. The Labute approximate surface area is 158 Å². The summed E-state index contributed by atoms with van der Waals surface area (Å²) in [4.78, 5) is 30.1. The molecule has 1 heterocycles. The molecule has 0 fully saturated rings. The number of rotatable bonds is 5. The van der Waals surface area contributed by atoms with Gasteiger partial charge in [-0.15, -0.1) is 0 Å². The van der Waals surface area contributed by atoms with E-state index in [9.17, 15) is 20.0 Å². The van der Waals surface area contributed by atoms with Crippen LogP contribution in [0.5, 0.6) is 5.75 Å². The molecule has 0 saturated carbocycles. The normalized spacial score (nSPS) is 10.5. The first-order valence-corrected chi connectivity index (χ1v) is 8.01. The van der Waals surface area contributed by atoms with Gasteiger partial charge in [-0.3, -0.25) is 14.6 Å². The minimum absolute atomic E-state index is 0.0352. The van der Waals surface area contributed by atoms with E-state index in [1.807, 2.05) is 12.1 Å². The minimum atomic E-state index is -0.772. The van der Waals surface area contributed by atoms with Gasteiger partial charge in [0.15, 0.2) is 0 Å². The number of amides is 1. The number of hydrogen-bond donors (Lipinski definition) is 4. The zero-order valence-electron chi connectivity index (χ0n) is 14.4. The number of nitrogens with two attached hydrogens (primary N) is 1. The number of nitriles is 1. The van der Waals surface area contributed by atoms with Gasteiger partial charge in [0.2, 0.25) is 5.95 Å². The molecule has 0 bridgehead atoms. The molecule has 0 aliphatic heterocycles. The van der Waals surface area contributed by atoms with Crippen LogP contribution in [-0.2, 0) is 0 Å². The minimum Gasteiger partial charge on any atom is -0.507 e. The van der Waals surface area contributed by atoms with E-state index in [2.05, 4.69) is 20.5 Å². The van der Waals surface area contributed by atoms with Gasteiger partial charge < -0.3 is 10.8 Å². The van der Waals surface area contributed by atoms with Crippen LogP contribution in [-0.4, -0.2) is 27.2 Å². The van der Waals surface area contributed by atoms with E-state index in [4.69, 9.17) is 5.73 Å². The summed E-state index contributed by atoms with van der Waals surface area (Å²) < 4.78 is 0. The molecule has 2 aromatic carbocycles. The van der Waals surface area contributed by atoms with Crippen LogP contribution in [0.15, 0.2) is 58.4 Å². The standard InChI is InChI=1S/C19H14N6O3/c20-9-14-16(12-4-2-1-3-5-12)23-19(24-18(14)28)25-22-10-11-6-7-15(26)13(8-11)17(21)27/h1-8,10,26H,(H2,21,27)(H2,23,24,25,28). The molecule has 0 unspecified atom stereocenters. The third kappa shape index (κ3) is 3.86. The number of hydrazone groups is 1. The van der Waals surface area contributed by atoms with E-state index in [0.29, 0.717) is 11.1 Å². The number of benzene rings is 2. The van der Waals surface area contributed by atoms with Gasteiger partial charge in [0, 0.05) is 5.56 Å². The summed E-state index contributed by atoms with van der Waals surface area (Å²) in [6.45, 7) is 0. The first-order valence-electron chi connectivity index (χ1n) is 8.01. The lowest BCUT2D eigenvalue weighted by molar-refractivity contribution is 0.0997. The third-order valence-electron chi connectivity index (χ3n) is 3.75. The second-order valence-corrected chi connectivity index (χ2v) is 5.63. The van der Waals surface area contributed by atoms with Gasteiger partial charge in [-0.05, 0) is 23.8 Å². The summed E-state index contributed by atoms with van der Waals surface area (Å²) in [5, 5.41) is 22.8. The first kappa shape index (κ1) is 18.3. The molecule has 0 spiro atoms. The highest BCUT2D eigenvalue weighted by Gasteiger charge is 2.13. The Kier molecular flexibility index (Phi) is 5.14. The molecule has 0 radical (unpaired) electrons. The van der Waals surface area contributed by atoms with Crippen LogP contribution >= 0.6 is 0 Å². The second kappa shape index (κ2) is 7.84. The summed E-state index contributed by atoms with van der Waals surface area (Å²) >= 11 is 0. The molecule has 3 aromatic rings. The predicted molar refractivity (Wildman–Crippen MR) is 103 cm³/mol. The zero-order chi connectivity index (χ0) is 20.1. The van der Waals surface area contributed by atoms with E-state index in [-0.39, 0.29) is 28.5 Å². The molecule has 5 N–H and O–H groups in total. The number of nitrogens with zero attached hydrogens (tertiary/aromatic N) is 3. The molecule has 0 atom stereocenters. The van der Waals surface area contributed by atoms with E-state index in [1.54, 1.807) is 24.3 Å². The topological polar surface area (TPSA) is 157 Å². The van der Waals surface area contributed by atoms with Crippen LogP contribution in [0.4, 0.5) is 5.95 Å². The molecule has 1 amide bonds. The summed E-state index contributed by atoms with van der Waals surface area (Å²) in [5.41, 5.74) is 8.33. The maximum Gasteiger partial charge on any atom is 0.270 e. The number of hydrogen-bond acceptors (Lipinski definition) is 7. The van der Waals surface area contributed by atoms with Gasteiger partial charge in [-0.2, -0.15) is 10.4 Å². The Hall–Kier alpha value is -4.45. The molecule has 28 heavy (non-hydrogen) atoms. The lowest BCUT2D eigenvalue weighted by Gasteiger charge is -2.06. The summed E-state index contributed by atoms with van der Waals surface area (Å²) in [6, 6.07) is 14.9. The molecule has 9 nitrogen and oxygen atoms in total. The zero-order valence-corrected chi connectivity index (χ0v) is 14.4. The number of aromatic hydroxyl groups is 1. The highest BCUT2D eigenvalue weighted by Crippen LogP contribution is 2.19. The maximum absolute atomic E-state index is 12.2. The van der Waals surface area contributed by atoms with Crippen LogP contribution in [0.2, 0.25) is 0 Å². The van der Waals surface area contributed by atoms with Crippen LogP contribution in [0.25, 0.3) is 11.3 Å². The molecule has 0 saturated heterocycles. The average molecular weight is 374 g/mol. The van der Waals surface area contributed by atoms with Crippen molar-refractivity contribution in [2.24, 2.45) is 10.8 Å². The quantitative estimate of drug-likeness (QED) is 0.392. The number of primary amides is 1. The fourth-order valence-corrected chi connectivity index (χ4v) is 2.43. The van der Waals surface area contributed by atoms with Crippen molar-refractivity contribution in [2.75, 3.05) is 5.43 Å². The average Bonchev–Trinajstić information content (AvgIpc) is 2.69. The summed E-state index contributed by atoms with van der Waals surface area (Å²) in [5.74, 6) is -0.970. The van der Waals surface area contributed by atoms with Gasteiger partial charge >= 0.3 is 0 Å². The van der Waals surface area contributed by atoms with Gasteiger partial charge in [0.05, 0.1) is 17.5 Å². The summed E-state index contributed by atoms with van der Waals surface area (Å²) in [7, 11) is 0. The number of anilines is 1. The number of phenols is 1. The molecule has 138 valence electrons. The molecular weight excluding hydrogens is 360 g/mol. The fraction of sp³-hybridized carbons (Fsp3) is 0. The Balaban J connectivity index is 1.90. The van der Waals surface area contributed by atoms with Crippen molar-refractivity contribution in [3.05, 3.63) is 75.6 Å². The van der Waals surface area contributed by atoms with Crippen molar-refractivity contribution in [1.82, 2.24) is 9.97 Å². The molecule has 0 aliphatic carbocycles. The Bertz CT molecular complexity index is 1160. The summed E-state index contributed by atoms with van der Waals surface area (Å²) in [6.07, 6.45) is 1.35. The molecular formula is C19H14N6O3. The number of H-pyrrole nitrogens is 1. The molecule has 9 heteroatoms. The molecule has 3 rings (SSSR count). The number of carbonyl (C=O) groups excluding carboxylic acids is 1. The predicted octanol–water partition coefficient (Wildman–Crippen LogP) is 1.56. The van der Waals surface area contributed by atoms with Crippen molar-refractivity contribution in [2.45, 2.75) is 0 Å². The van der Waals surface area contributed by atoms with Gasteiger partial charge in [0.25, 0.3) is 11.5 Å². The maximum atomic E-state index is 12.2. The van der Waals surface area contributed by atoms with Crippen LogP contribution < -0.4 is 16.7 Å². The fourth-order valence-electron chi connectivity index (χ4n) is 2.43. The lowest BCUT2D eigenvalue weighted by atomic mass is 10.1. The van der Waals surface area contributed by atoms with Crippen LogP contribution in [0.3, 0.4) is 0 Å². The Morgan fingerprint density at radius 2 is 2.04 bits per heavy atom. The highest BCUT2D eigenvalue weighted by atomic mass is 16.3. The number of aromatic amines is 1. The number of aromatic nitrogens is 2. The molecule has 1 aromatic heterocycles. The first-order chi connectivity index (χ1) is 13.5. The SMILES string of the molecule is N#Cc1c(-c2ccccc2)nc(NN=Cc2ccc(O)c(C(N)=O)c2)[nH]c1=O. The monoisotopic (exact) mass is 374 g/mol. The smallest absolute Gasteiger partial charge is 0.270 e. The van der Waals surface area contributed by atoms with Gasteiger partial charge in [0.1, 0.15) is 17.4 Å². The number of nitrogens with one attached hydrogen (secondary N) is 2. The van der Waals surface area contributed by atoms with E-state index >= 15 is 0 Å². The van der Waals surface area contributed by atoms with E-state index < -0.39 is 11.5 Å². The van der Waals surface area contributed by atoms with Crippen molar-refractivity contribution < 1.29 is 9.90 Å². The lowest BCUT2D eigenvalue weighted by Crippen LogP contribution is -2.16. The van der Waals surface area contributed by atoms with Crippen LogP contribution in [0.1, 0.15) is 21.5 Å². The third-order valence-corrected chi connectivity index (χ3v) is 3.75. The largest absolute Gasteiger partial charge is 0.507 e. The van der Waals surface area contributed by atoms with E-state index in [0.717, 1.165) is 0 Å². The number of carbonyl (C=O) groups is 1. The van der Waals surface area contributed by atoms with E-state index in [1.165, 1.54) is 24.4 Å². The Morgan fingerprint density at radius 3 is 2.71 bits per heavy atom. The van der Waals surface area contributed by atoms with Crippen molar-refractivity contribution >= 4 is 18.1 Å². The highest BCUT2D eigenvalue weighted by molar-refractivity contribution is 5.97. The second-order valence-electron chi connectivity index (χ2n) is 5.63. The Morgan fingerprint density at radius 1 is 1.29 bits per heavy atom. The van der Waals surface area contributed by atoms with Gasteiger partial charge in [-0.1, -0.05) is 30.3 Å². The van der Waals surface area contributed by atoms with Crippen molar-refractivity contribution in [1.29, 1.82) is 5.26 Å². The van der Waals surface area contributed by atoms with Crippen molar-refractivity contribution in [3.63, 3.8) is 0 Å². The van der Waals surface area contributed by atoms with Gasteiger partial charge in [-0.25, -0.2) is 10.4 Å².